The van der Waals surface area contributed by atoms with Crippen molar-refractivity contribution in [2.24, 2.45) is 5.73 Å². The van der Waals surface area contributed by atoms with Gasteiger partial charge in [-0.3, -0.25) is 19.2 Å². The quantitative estimate of drug-likeness (QED) is 0.307. The summed E-state index contributed by atoms with van der Waals surface area (Å²) in [6.45, 7) is 7.03. The van der Waals surface area contributed by atoms with Gasteiger partial charge in [-0.15, -0.1) is 0 Å². The molecule has 0 aliphatic rings. The lowest BCUT2D eigenvalue weighted by atomic mass is 9.93. The number of benzene rings is 1. The maximum absolute atomic E-state index is 13.7. The van der Waals surface area contributed by atoms with Crippen LogP contribution < -0.4 is 16.4 Å². The second-order valence-corrected chi connectivity index (χ2v) is 9.13. The van der Waals surface area contributed by atoms with Crippen LogP contribution in [0.4, 0.5) is 4.79 Å². The van der Waals surface area contributed by atoms with Crippen molar-refractivity contribution in [3.63, 3.8) is 0 Å². The molecule has 0 spiro atoms. The Hall–Kier alpha value is -3.67. The average Bonchev–Trinajstić information content (AvgIpc) is 2.76. The van der Waals surface area contributed by atoms with Gasteiger partial charge in [0.1, 0.15) is 24.2 Å². The summed E-state index contributed by atoms with van der Waals surface area (Å²) >= 11 is 0. The number of ether oxygens (including phenoxy) is 2. The van der Waals surface area contributed by atoms with Gasteiger partial charge in [0.15, 0.2) is 0 Å². The number of rotatable bonds is 11. The summed E-state index contributed by atoms with van der Waals surface area (Å²) in [5.41, 5.74) is 6.21. The number of amides is 4. The molecule has 0 aromatic heterocycles. The molecule has 1 rings (SSSR count). The maximum Gasteiger partial charge on any atom is 0.408 e. The number of primary amides is 1. The molecule has 0 fully saturated rings. The molecule has 0 radical (unpaired) electrons. The Balaban J connectivity index is 3.53. The van der Waals surface area contributed by atoms with E-state index in [0.29, 0.717) is 16.7 Å². The van der Waals surface area contributed by atoms with Gasteiger partial charge in [0, 0.05) is 6.54 Å². The van der Waals surface area contributed by atoms with E-state index in [9.17, 15) is 29.1 Å². The van der Waals surface area contributed by atoms with E-state index in [4.69, 9.17) is 10.5 Å². The van der Waals surface area contributed by atoms with Crippen LogP contribution >= 0.6 is 0 Å². The number of nitrogens with zero attached hydrogens (tertiary/aromatic N) is 1. The zero-order valence-corrected chi connectivity index (χ0v) is 21.5. The second-order valence-electron chi connectivity index (χ2n) is 9.13. The maximum atomic E-state index is 13.7. The van der Waals surface area contributed by atoms with Crippen LogP contribution in [0.2, 0.25) is 0 Å². The predicted molar refractivity (Wildman–Crippen MR) is 129 cm³/mol. The topological polar surface area (TPSA) is 177 Å². The van der Waals surface area contributed by atoms with Crippen molar-refractivity contribution >= 4 is 29.8 Å². The lowest BCUT2D eigenvalue weighted by molar-refractivity contribution is -0.145. The molecule has 0 heterocycles. The first kappa shape index (κ1) is 30.4. The van der Waals surface area contributed by atoms with Gasteiger partial charge in [-0.1, -0.05) is 18.2 Å². The van der Waals surface area contributed by atoms with Crippen molar-refractivity contribution in [1.29, 1.82) is 0 Å². The van der Waals surface area contributed by atoms with Crippen LogP contribution in [0.1, 0.15) is 49.9 Å². The largest absolute Gasteiger partial charge is 0.468 e. The number of aliphatic hydroxyl groups excluding tert-OH is 1. The molecule has 0 aliphatic carbocycles. The van der Waals surface area contributed by atoms with E-state index in [-0.39, 0.29) is 6.54 Å². The number of carbonyl (C=O) groups is 5. The van der Waals surface area contributed by atoms with Crippen LogP contribution in [-0.4, -0.2) is 78.2 Å². The van der Waals surface area contributed by atoms with E-state index < -0.39 is 67.0 Å². The number of carbonyl (C=O) groups excluding carboxylic acids is 5. The number of esters is 1. The molecule has 5 N–H and O–H groups in total. The Kier molecular flexibility index (Phi) is 11.3. The number of nitrogens with two attached hydrogens (primary N) is 1. The highest BCUT2D eigenvalue weighted by Crippen LogP contribution is 2.28. The van der Waals surface area contributed by atoms with Crippen LogP contribution in [0.3, 0.4) is 0 Å². The van der Waals surface area contributed by atoms with E-state index in [1.807, 2.05) is 0 Å². The summed E-state index contributed by atoms with van der Waals surface area (Å²) in [6.07, 6.45) is -1.55. The van der Waals surface area contributed by atoms with E-state index >= 15 is 0 Å². The van der Waals surface area contributed by atoms with Crippen LogP contribution in [-0.2, 0) is 28.7 Å². The Morgan fingerprint density at radius 3 is 2.17 bits per heavy atom. The standard InChI is InChI=1S/C24H36N4O8/c1-14-8-7-9-15(2)19(14)20(21(32)26-13-18(31)35-6)28(10-11-29)22(33)16(12-17(25)30)27-23(34)36-24(3,4)5/h7-9,16,20,29H,10-13H2,1-6H3,(H2,25,30)(H,26,32)(H,27,34). The minimum Gasteiger partial charge on any atom is -0.468 e. The summed E-state index contributed by atoms with van der Waals surface area (Å²) in [4.78, 5) is 63.8. The van der Waals surface area contributed by atoms with E-state index in [1.165, 1.54) is 0 Å². The first-order chi connectivity index (χ1) is 16.7. The zero-order chi connectivity index (χ0) is 27.6. The summed E-state index contributed by atoms with van der Waals surface area (Å²) in [7, 11) is 1.16. The lowest BCUT2D eigenvalue weighted by Crippen LogP contribution is -2.55. The van der Waals surface area contributed by atoms with E-state index in [0.717, 1.165) is 12.0 Å². The van der Waals surface area contributed by atoms with E-state index in [2.05, 4.69) is 15.4 Å². The van der Waals surface area contributed by atoms with E-state index in [1.54, 1.807) is 52.8 Å². The van der Waals surface area contributed by atoms with Crippen molar-refractivity contribution in [2.75, 3.05) is 26.8 Å². The number of hydrogen-bond acceptors (Lipinski definition) is 8. The monoisotopic (exact) mass is 508 g/mol. The third kappa shape index (κ3) is 9.17. The molecular formula is C24H36N4O8. The van der Waals surface area contributed by atoms with Gasteiger partial charge < -0.3 is 35.8 Å². The van der Waals surface area contributed by atoms with Gasteiger partial charge in [-0.2, -0.15) is 0 Å². The van der Waals surface area contributed by atoms with Crippen LogP contribution in [0.25, 0.3) is 0 Å². The molecular weight excluding hydrogens is 472 g/mol. The molecule has 12 heteroatoms. The molecule has 1 aromatic carbocycles. The Morgan fingerprint density at radius 2 is 1.69 bits per heavy atom. The fourth-order valence-corrected chi connectivity index (χ4v) is 3.54. The van der Waals surface area contributed by atoms with Crippen molar-refractivity contribution in [3.8, 4) is 0 Å². The SMILES string of the molecule is COC(=O)CNC(=O)C(c1c(C)cccc1C)N(CCO)C(=O)C(CC(N)=O)NC(=O)OC(C)(C)C. The predicted octanol–water partition coefficient (Wildman–Crippen LogP) is 0.223. The normalized spacial score (nSPS) is 12.6. The summed E-state index contributed by atoms with van der Waals surface area (Å²) in [6, 6.07) is 2.46. The molecule has 4 amide bonds. The van der Waals surface area contributed by atoms with Gasteiger partial charge >= 0.3 is 12.1 Å². The van der Waals surface area contributed by atoms with Gasteiger partial charge in [0.05, 0.1) is 20.1 Å². The molecule has 1 aromatic rings. The molecule has 36 heavy (non-hydrogen) atoms. The molecule has 0 saturated carbocycles. The fourth-order valence-electron chi connectivity index (χ4n) is 3.54. The zero-order valence-electron chi connectivity index (χ0n) is 21.5. The summed E-state index contributed by atoms with van der Waals surface area (Å²) in [5, 5.41) is 14.5. The summed E-state index contributed by atoms with van der Waals surface area (Å²) in [5.74, 6) is -3.17. The molecule has 12 nitrogen and oxygen atoms in total. The third-order valence-corrected chi connectivity index (χ3v) is 5.03. The molecule has 0 saturated heterocycles. The Labute approximate surface area is 210 Å². The second kappa shape index (κ2) is 13.4. The van der Waals surface area contributed by atoms with Crippen LogP contribution in [0.15, 0.2) is 18.2 Å². The number of methoxy groups -OCH3 is 1. The molecule has 0 aliphatic heterocycles. The highest BCUT2D eigenvalue weighted by Gasteiger charge is 2.38. The number of aliphatic hydroxyl groups is 1. The average molecular weight is 509 g/mol. The van der Waals surface area contributed by atoms with Crippen LogP contribution in [0, 0.1) is 13.8 Å². The molecule has 2 atom stereocenters. The Morgan fingerprint density at radius 1 is 1.11 bits per heavy atom. The van der Waals surface area contributed by atoms with Gasteiger partial charge in [0.25, 0.3) is 0 Å². The fraction of sp³-hybridized carbons (Fsp3) is 0.542. The number of alkyl carbamates (subject to hydrolysis) is 1. The van der Waals surface area contributed by atoms with Crippen molar-refractivity contribution < 1.29 is 38.6 Å². The lowest BCUT2D eigenvalue weighted by Gasteiger charge is -2.35. The summed E-state index contributed by atoms with van der Waals surface area (Å²) < 4.78 is 9.76. The smallest absolute Gasteiger partial charge is 0.408 e. The number of aryl methyl sites for hydroxylation is 2. The minimum atomic E-state index is -1.48. The van der Waals surface area contributed by atoms with Crippen molar-refractivity contribution in [3.05, 3.63) is 34.9 Å². The number of nitrogens with one attached hydrogen (secondary N) is 2. The van der Waals surface area contributed by atoms with Gasteiger partial charge in [0.2, 0.25) is 17.7 Å². The molecule has 2 unspecified atom stereocenters. The first-order valence-corrected chi connectivity index (χ1v) is 11.3. The Bertz CT molecular complexity index is 953. The first-order valence-electron chi connectivity index (χ1n) is 11.3. The third-order valence-electron chi connectivity index (χ3n) is 5.03. The van der Waals surface area contributed by atoms with Crippen LogP contribution in [0.5, 0.6) is 0 Å². The highest BCUT2D eigenvalue weighted by molar-refractivity contribution is 5.95. The van der Waals surface area contributed by atoms with Crippen molar-refractivity contribution in [2.45, 2.75) is 58.7 Å². The molecule has 200 valence electrons. The minimum absolute atomic E-state index is 0.325. The van der Waals surface area contributed by atoms with Crippen molar-refractivity contribution in [1.82, 2.24) is 15.5 Å². The van der Waals surface area contributed by atoms with Gasteiger partial charge in [-0.25, -0.2) is 4.79 Å². The number of hydrogen-bond donors (Lipinski definition) is 4. The molecule has 0 bridgehead atoms. The highest BCUT2D eigenvalue weighted by atomic mass is 16.6. The van der Waals surface area contributed by atoms with Gasteiger partial charge in [-0.05, 0) is 51.3 Å².